The third-order valence-corrected chi connectivity index (χ3v) is 5.82. The second-order valence-corrected chi connectivity index (χ2v) is 7.51. The summed E-state index contributed by atoms with van der Waals surface area (Å²) in [4.78, 5) is 28.0. The van der Waals surface area contributed by atoms with Crippen molar-refractivity contribution in [3.8, 4) is 0 Å². The number of hydrogen-bond donors (Lipinski definition) is 1. The van der Waals surface area contributed by atoms with E-state index in [2.05, 4.69) is 0 Å². The Labute approximate surface area is 153 Å². The Morgan fingerprint density at radius 2 is 1.84 bits per heavy atom. The van der Waals surface area contributed by atoms with Crippen molar-refractivity contribution in [2.24, 2.45) is 0 Å². The summed E-state index contributed by atoms with van der Waals surface area (Å²) in [6.45, 7) is 4.19. The number of aliphatic carboxylic acids is 1. The molecule has 1 saturated heterocycles. The van der Waals surface area contributed by atoms with Gasteiger partial charge in [0.15, 0.2) is 0 Å². The van der Waals surface area contributed by atoms with Gasteiger partial charge in [-0.3, -0.25) is 14.5 Å². The van der Waals surface area contributed by atoms with Gasteiger partial charge in [0.05, 0.1) is 12.0 Å². The van der Waals surface area contributed by atoms with Crippen molar-refractivity contribution in [2.45, 2.75) is 44.1 Å². The van der Waals surface area contributed by atoms with Crippen LogP contribution in [0.25, 0.3) is 0 Å². The zero-order valence-corrected chi connectivity index (χ0v) is 15.3. The lowest BCUT2D eigenvalue weighted by atomic mass is 9.92. The molecule has 2 aliphatic rings. The van der Waals surface area contributed by atoms with Gasteiger partial charge < -0.3 is 10.0 Å². The highest BCUT2D eigenvalue weighted by molar-refractivity contribution is 6.30. The lowest BCUT2D eigenvalue weighted by molar-refractivity contribution is -0.140. The van der Waals surface area contributed by atoms with E-state index in [9.17, 15) is 9.59 Å². The molecule has 0 unspecified atom stereocenters. The van der Waals surface area contributed by atoms with Crippen LogP contribution in [0.2, 0.25) is 5.02 Å². The molecule has 25 heavy (non-hydrogen) atoms. The lowest BCUT2D eigenvalue weighted by Gasteiger charge is -2.38. The van der Waals surface area contributed by atoms with Crippen molar-refractivity contribution in [1.82, 2.24) is 9.80 Å². The Bertz CT molecular complexity index is 635. The van der Waals surface area contributed by atoms with E-state index in [0.717, 1.165) is 37.8 Å². The highest BCUT2D eigenvalue weighted by atomic mass is 35.5. The Balaban J connectivity index is 1.62. The molecule has 0 radical (unpaired) electrons. The second kappa shape index (κ2) is 7.34. The Kier molecular flexibility index (Phi) is 5.35. The monoisotopic (exact) mass is 364 g/mol. The van der Waals surface area contributed by atoms with Gasteiger partial charge in [-0.2, -0.15) is 0 Å². The van der Waals surface area contributed by atoms with Crippen molar-refractivity contribution in [3.05, 3.63) is 34.9 Å². The SMILES string of the molecule is CCN(CC(=O)O)C1CCN(C(=O)C2(c3ccc(Cl)cc3)CC2)CC1. The van der Waals surface area contributed by atoms with Crippen LogP contribution in [0, 0.1) is 0 Å². The summed E-state index contributed by atoms with van der Waals surface area (Å²) in [7, 11) is 0. The van der Waals surface area contributed by atoms with Crippen molar-refractivity contribution in [2.75, 3.05) is 26.2 Å². The largest absolute Gasteiger partial charge is 0.480 e. The number of hydrogen-bond acceptors (Lipinski definition) is 3. The van der Waals surface area contributed by atoms with E-state index in [4.69, 9.17) is 16.7 Å². The Morgan fingerprint density at radius 3 is 2.32 bits per heavy atom. The maximum absolute atomic E-state index is 13.1. The van der Waals surface area contributed by atoms with Gasteiger partial charge >= 0.3 is 5.97 Å². The molecular weight excluding hydrogens is 340 g/mol. The van der Waals surface area contributed by atoms with Crippen molar-refractivity contribution in [1.29, 1.82) is 0 Å². The third-order valence-electron chi connectivity index (χ3n) is 5.57. The molecule has 6 heteroatoms. The highest BCUT2D eigenvalue weighted by Crippen LogP contribution is 2.50. The summed E-state index contributed by atoms with van der Waals surface area (Å²) in [5.74, 6) is -0.574. The van der Waals surface area contributed by atoms with E-state index in [-0.39, 0.29) is 23.9 Å². The zero-order valence-electron chi connectivity index (χ0n) is 14.6. The first-order valence-corrected chi connectivity index (χ1v) is 9.35. The molecule has 1 saturated carbocycles. The number of piperidine rings is 1. The fourth-order valence-corrected chi connectivity index (χ4v) is 4.06. The topological polar surface area (TPSA) is 60.9 Å². The number of likely N-dealkylation sites (tertiary alicyclic amines) is 1. The van der Waals surface area contributed by atoms with Gasteiger partial charge in [-0.1, -0.05) is 30.7 Å². The number of carboxylic acid groups (broad SMARTS) is 1. The zero-order chi connectivity index (χ0) is 18.0. The molecule has 1 aliphatic carbocycles. The van der Waals surface area contributed by atoms with E-state index >= 15 is 0 Å². The standard InChI is InChI=1S/C19H25ClN2O3/c1-2-21(13-17(23)24)16-7-11-22(12-8-16)18(25)19(9-10-19)14-3-5-15(20)6-4-14/h3-6,16H,2,7-13H2,1H3,(H,23,24). The molecule has 2 fully saturated rings. The molecule has 1 amide bonds. The number of halogens is 1. The summed E-state index contributed by atoms with van der Waals surface area (Å²) in [5.41, 5.74) is 0.702. The number of carbonyl (C=O) groups is 2. The van der Waals surface area contributed by atoms with Crippen LogP contribution in [0.3, 0.4) is 0 Å². The first-order chi connectivity index (χ1) is 12.0. The predicted octanol–water partition coefficient (Wildman–Crippen LogP) is 2.77. The van der Waals surface area contributed by atoms with Gasteiger partial charge in [0.1, 0.15) is 0 Å². The van der Waals surface area contributed by atoms with E-state index in [1.54, 1.807) is 0 Å². The van der Waals surface area contributed by atoms with Crippen LogP contribution < -0.4 is 0 Å². The van der Waals surface area contributed by atoms with Crippen LogP contribution in [-0.4, -0.2) is 59.0 Å². The van der Waals surface area contributed by atoms with Gasteiger partial charge in [-0.05, 0) is 49.9 Å². The van der Waals surface area contributed by atoms with Gasteiger partial charge in [0.25, 0.3) is 0 Å². The Hall–Kier alpha value is -1.59. The van der Waals surface area contributed by atoms with Crippen LogP contribution in [-0.2, 0) is 15.0 Å². The van der Waals surface area contributed by atoms with Crippen LogP contribution >= 0.6 is 11.6 Å². The van der Waals surface area contributed by atoms with Gasteiger partial charge in [0, 0.05) is 24.2 Å². The second-order valence-electron chi connectivity index (χ2n) is 7.07. The number of likely N-dealkylation sites (N-methyl/N-ethyl adjacent to an activating group) is 1. The maximum Gasteiger partial charge on any atom is 0.317 e. The van der Waals surface area contributed by atoms with Crippen molar-refractivity contribution in [3.63, 3.8) is 0 Å². The first-order valence-electron chi connectivity index (χ1n) is 8.97. The van der Waals surface area contributed by atoms with E-state index in [0.29, 0.717) is 18.1 Å². The molecule has 1 heterocycles. The smallest absolute Gasteiger partial charge is 0.317 e. The summed E-state index contributed by atoms with van der Waals surface area (Å²) in [6, 6.07) is 7.87. The quantitative estimate of drug-likeness (QED) is 0.843. The number of carbonyl (C=O) groups excluding carboxylic acids is 1. The van der Waals surface area contributed by atoms with Crippen LogP contribution in [0.1, 0.15) is 38.2 Å². The maximum atomic E-state index is 13.1. The fourth-order valence-electron chi connectivity index (χ4n) is 3.93. The van der Waals surface area contributed by atoms with Gasteiger partial charge in [-0.15, -0.1) is 0 Å². The molecule has 3 rings (SSSR count). The highest BCUT2D eigenvalue weighted by Gasteiger charge is 2.53. The average molecular weight is 365 g/mol. The lowest BCUT2D eigenvalue weighted by Crippen LogP contribution is -2.50. The molecule has 0 atom stereocenters. The minimum Gasteiger partial charge on any atom is -0.480 e. The first kappa shape index (κ1) is 18.2. The molecule has 0 aromatic heterocycles. The van der Waals surface area contributed by atoms with Gasteiger partial charge in [-0.25, -0.2) is 0 Å². The van der Waals surface area contributed by atoms with Crippen LogP contribution in [0.15, 0.2) is 24.3 Å². The molecule has 1 N–H and O–H groups in total. The summed E-state index contributed by atoms with van der Waals surface area (Å²) < 4.78 is 0. The molecule has 136 valence electrons. The fraction of sp³-hybridized carbons (Fsp3) is 0.579. The van der Waals surface area contributed by atoms with Crippen LogP contribution in [0.4, 0.5) is 0 Å². The van der Waals surface area contributed by atoms with Gasteiger partial charge in [0.2, 0.25) is 5.91 Å². The number of carboxylic acids is 1. The van der Waals surface area contributed by atoms with E-state index in [1.165, 1.54) is 0 Å². The molecular formula is C19H25ClN2O3. The van der Waals surface area contributed by atoms with Crippen LogP contribution in [0.5, 0.6) is 0 Å². The van der Waals surface area contributed by atoms with Crippen molar-refractivity contribution >= 4 is 23.5 Å². The van der Waals surface area contributed by atoms with E-state index in [1.807, 2.05) is 41.0 Å². The number of rotatable bonds is 6. The minimum atomic E-state index is -0.792. The minimum absolute atomic E-state index is 0.0732. The third kappa shape index (κ3) is 3.82. The number of benzene rings is 1. The summed E-state index contributed by atoms with van der Waals surface area (Å²) in [6.07, 6.45) is 3.47. The van der Waals surface area contributed by atoms with E-state index < -0.39 is 5.97 Å². The summed E-state index contributed by atoms with van der Waals surface area (Å²) >= 11 is 5.96. The normalized spacial score (nSPS) is 19.9. The average Bonchev–Trinajstić information content (AvgIpc) is 3.41. The number of amides is 1. The molecule has 1 aliphatic heterocycles. The molecule has 0 bridgehead atoms. The Morgan fingerprint density at radius 1 is 1.24 bits per heavy atom. The molecule has 1 aromatic carbocycles. The summed E-state index contributed by atoms with van der Waals surface area (Å²) in [5, 5.41) is 9.72. The predicted molar refractivity (Wildman–Crippen MR) is 96.8 cm³/mol. The van der Waals surface area contributed by atoms with Crippen molar-refractivity contribution < 1.29 is 14.7 Å². The molecule has 1 aromatic rings. The molecule has 5 nitrogen and oxygen atoms in total. The number of nitrogens with zero attached hydrogens (tertiary/aromatic N) is 2. The molecule has 0 spiro atoms.